The van der Waals surface area contributed by atoms with Gasteiger partial charge in [-0.2, -0.15) is 0 Å². The molecule has 2 aromatic rings. The van der Waals surface area contributed by atoms with E-state index in [0.717, 1.165) is 49.4 Å². The van der Waals surface area contributed by atoms with E-state index in [2.05, 4.69) is 32.0 Å². The number of morpholine rings is 1. The number of piperidine rings is 1. The lowest BCUT2D eigenvalue weighted by atomic mass is 10.1. The van der Waals surface area contributed by atoms with Gasteiger partial charge in [0.25, 0.3) is 5.91 Å². The van der Waals surface area contributed by atoms with Crippen molar-refractivity contribution < 1.29 is 9.53 Å². The highest BCUT2D eigenvalue weighted by molar-refractivity contribution is 7.11. The molecule has 0 spiro atoms. The minimum atomic E-state index is -0.188. The summed E-state index contributed by atoms with van der Waals surface area (Å²) < 4.78 is 5.47. The maximum atomic E-state index is 12.7. The number of nitrogens with zero attached hydrogens (tertiary/aromatic N) is 4. The van der Waals surface area contributed by atoms with Crippen LogP contribution >= 0.6 is 11.3 Å². The first-order valence-electron chi connectivity index (χ1n) is 9.81. The van der Waals surface area contributed by atoms with Crippen LogP contribution in [0.4, 0.5) is 5.82 Å². The van der Waals surface area contributed by atoms with Gasteiger partial charge in [0, 0.05) is 36.4 Å². The monoisotopic (exact) mass is 389 g/mol. The fourth-order valence-electron chi connectivity index (χ4n) is 3.79. The molecule has 4 heterocycles. The zero-order valence-electron chi connectivity index (χ0n) is 15.9. The van der Waals surface area contributed by atoms with E-state index in [1.54, 1.807) is 11.3 Å². The molecular formula is C19H27N5O2S. The Morgan fingerprint density at radius 3 is 2.74 bits per heavy atom. The molecule has 0 aromatic carbocycles. The van der Waals surface area contributed by atoms with Gasteiger partial charge in [-0.1, -0.05) is 6.42 Å². The first-order chi connectivity index (χ1) is 13.2. The second-order valence-electron chi connectivity index (χ2n) is 7.18. The van der Waals surface area contributed by atoms with Crippen LogP contribution < -0.4 is 10.2 Å². The van der Waals surface area contributed by atoms with E-state index in [1.807, 2.05) is 5.38 Å². The van der Waals surface area contributed by atoms with Crippen LogP contribution in [0.25, 0.3) is 10.9 Å². The fraction of sp³-hybridized carbons (Fsp3) is 0.632. The molecular weight excluding hydrogens is 362 g/mol. The quantitative estimate of drug-likeness (QED) is 0.844. The molecule has 0 aliphatic carbocycles. The van der Waals surface area contributed by atoms with Gasteiger partial charge in [0.05, 0.1) is 24.1 Å². The van der Waals surface area contributed by atoms with Crippen molar-refractivity contribution in [2.24, 2.45) is 0 Å². The molecule has 27 heavy (non-hydrogen) atoms. The average molecular weight is 390 g/mol. The van der Waals surface area contributed by atoms with Crippen LogP contribution in [0.5, 0.6) is 0 Å². The average Bonchev–Trinajstić information content (AvgIpc) is 3.10. The molecule has 1 amide bonds. The van der Waals surface area contributed by atoms with Gasteiger partial charge in [-0.3, -0.25) is 4.79 Å². The van der Waals surface area contributed by atoms with Crippen molar-refractivity contribution in [3.63, 3.8) is 0 Å². The molecule has 2 aromatic heterocycles. The number of aryl methyl sites for hydroxylation is 1. The topological polar surface area (TPSA) is 70.6 Å². The van der Waals surface area contributed by atoms with Crippen LogP contribution in [0.15, 0.2) is 5.38 Å². The van der Waals surface area contributed by atoms with Crippen molar-refractivity contribution >= 4 is 34.0 Å². The molecule has 0 radical (unpaired) electrons. The summed E-state index contributed by atoms with van der Waals surface area (Å²) in [5, 5.41) is 6.08. The van der Waals surface area contributed by atoms with E-state index in [9.17, 15) is 4.79 Å². The Hall–Kier alpha value is -1.77. The third kappa shape index (κ3) is 4.23. The van der Waals surface area contributed by atoms with Crippen LogP contribution in [-0.4, -0.2) is 73.3 Å². The summed E-state index contributed by atoms with van der Waals surface area (Å²) in [7, 11) is 0. The number of amides is 1. The van der Waals surface area contributed by atoms with E-state index in [0.29, 0.717) is 19.8 Å². The second kappa shape index (κ2) is 8.50. The molecule has 0 saturated carbocycles. The lowest BCUT2D eigenvalue weighted by molar-refractivity contribution is 0.0936. The number of likely N-dealkylation sites (tertiary alicyclic amines) is 1. The largest absolute Gasteiger partial charge is 0.378 e. The number of anilines is 1. The molecule has 1 N–H and O–H groups in total. The number of thiophene rings is 1. The number of rotatable bonds is 5. The normalized spacial score (nSPS) is 18.8. The SMILES string of the molecule is Cc1scc2nc(C(=O)NCCN3CCCCC3)nc(N3CCOCC3)c12. The van der Waals surface area contributed by atoms with Crippen LogP contribution in [0.2, 0.25) is 0 Å². The smallest absolute Gasteiger partial charge is 0.289 e. The van der Waals surface area contributed by atoms with Crippen molar-refractivity contribution in [2.75, 3.05) is 57.4 Å². The highest BCUT2D eigenvalue weighted by Crippen LogP contribution is 2.31. The second-order valence-corrected chi connectivity index (χ2v) is 8.26. The number of hydrogen-bond donors (Lipinski definition) is 1. The van der Waals surface area contributed by atoms with Gasteiger partial charge >= 0.3 is 0 Å². The number of carbonyl (C=O) groups is 1. The Morgan fingerprint density at radius 1 is 1.19 bits per heavy atom. The lowest BCUT2D eigenvalue weighted by Gasteiger charge is -2.28. The standard InChI is InChI=1S/C19H27N5O2S/c1-14-16-15(13-27-14)21-17(22-18(16)24-9-11-26-12-10-24)19(25)20-5-8-23-6-3-2-4-7-23/h13H,2-12H2,1H3,(H,20,25). The highest BCUT2D eigenvalue weighted by atomic mass is 32.1. The fourth-order valence-corrected chi connectivity index (χ4v) is 4.56. The summed E-state index contributed by atoms with van der Waals surface area (Å²) in [5.74, 6) is 0.941. The summed E-state index contributed by atoms with van der Waals surface area (Å²) in [6, 6.07) is 0. The number of hydrogen-bond acceptors (Lipinski definition) is 7. The number of nitrogens with one attached hydrogen (secondary N) is 1. The number of carbonyl (C=O) groups excluding carboxylic acids is 1. The highest BCUT2D eigenvalue weighted by Gasteiger charge is 2.22. The van der Waals surface area contributed by atoms with Crippen molar-refractivity contribution in [3.8, 4) is 0 Å². The zero-order chi connectivity index (χ0) is 18.6. The van der Waals surface area contributed by atoms with Crippen molar-refractivity contribution in [3.05, 3.63) is 16.1 Å². The van der Waals surface area contributed by atoms with Gasteiger partial charge < -0.3 is 19.9 Å². The van der Waals surface area contributed by atoms with Crippen molar-refractivity contribution in [1.82, 2.24) is 20.2 Å². The Labute approximate surface area is 163 Å². The summed E-state index contributed by atoms with van der Waals surface area (Å²) in [6.45, 7) is 8.82. The molecule has 4 rings (SSSR count). The van der Waals surface area contributed by atoms with Crippen LogP contribution in [-0.2, 0) is 4.74 Å². The summed E-state index contributed by atoms with van der Waals surface area (Å²) in [4.78, 5) is 27.7. The van der Waals surface area contributed by atoms with E-state index >= 15 is 0 Å². The molecule has 2 fully saturated rings. The Balaban J connectivity index is 1.49. The Kier molecular flexibility index (Phi) is 5.85. The molecule has 8 heteroatoms. The minimum Gasteiger partial charge on any atom is -0.378 e. The van der Waals surface area contributed by atoms with Gasteiger partial charge in [0.2, 0.25) is 5.82 Å². The first-order valence-corrected chi connectivity index (χ1v) is 10.7. The van der Waals surface area contributed by atoms with E-state index in [-0.39, 0.29) is 11.7 Å². The van der Waals surface area contributed by atoms with Crippen LogP contribution in [0.3, 0.4) is 0 Å². The van der Waals surface area contributed by atoms with E-state index < -0.39 is 0 Å². The predicted molar refractivity (Wildman–Crippen MR) is 108 cm³/mol. The molecule has 2 aliphatic heterocycles. The molecule has 2 saturated heterocycles. The van der Waals surface area contributed by atoms with Gasteiger partial charge in [-0.25, -0.2) is 9.97 Å². The zero-order valence-corrected chi connectivity index (χ0v) is 16.7. The Bertz CT molecular complexity index is 797. The number of aromatic nitrogens is 2. The maximum absolute atomic E-state index is 12.7. The van der Waals surface area contributed by atoms with Gasteiger partial charge in [-0.05, 0) is 32.9 Å². The third-order valence-corrected chi connectivity index (χ3v) is 6.19. The van der Waals surface area contributed by atoms with Crippen molar-refractivity contribution in [1.29, 1.82) is 0 Å². The van der Waals surface area contributed by atoms with E-state index in [1.165, 1.54) is 24.1 Å². The van der Waals surface area contributed by atoms with Crippen LogP contribution in [0.1, 0.15) is 34.8 Å². The lowest BCUT2D eigenvalue weighted by Crippen LogP contribution is -2.39. The molecule has 0 unspecified atom stereocenters. The first kappa shape index (κ1) is 18.6. The number of ether oxygens (including phenoxy) is 1. The van der Waals surface area contributed by atoms with E-state index in [4.69, 9.17) is 4.74 Å². The molecule has 0 atom stereocenters. The molecule has 7 nitrogen and oxygen atoms in total. The molecule has 146 valence electrons. The van der Waals surface area contributed by atoms with Gasteiger partial charge in [0.1, 0.15) is 5.82 Å². The predicted octanol–water partition coefficient (Wildman–Crippen LogP) is 2.05. The number of fused-ring (bicyclic) bond motifs is 1. The maximum Gasteiger partial charge on any atom is 0.289 e. The molecule has 2 aliphatic rings. The third-order valence-electron chi connectivity index (χ3n) is 5.29. The summed E-state index contributed by atoms with van der Waals surface area (Å²) >= 11 is 1.65. The van der Waals surface area contributed by atoms with Crippen molar-refractivity contribution in [2.45, 2.75) is 26.2 Å². The van der Waals surface area contributed by atoms with Gasteiger partial charge in [-0.15, -0.1) is 11.3 Å². The van der Waals surface area contributed by atoms with Crippen LogP contribution in [0, 0.1) is 6.92 Å². The summed E-state index contributed by atoms with van der Waals surface area (Å²) in [5.41, 5.74) is 0.857. The van der Waals surface area contributed by atoms with Gasteiger partial charge in [0.15, 0.2) is 0 Å². The minimum absolute atomic E-state index is 0.188. The Morgan fingerprint density at radius 2 is 1.96 bits per heavy atom. The molecule has 0 bridgehead atoms. The summed E-state index contributed by atoms with van der Waals surface area (Å²) in [6.07, 6.45) is 3.84.